The van der Waals surface area contributed by atoms with E-state index in [0.717, 1.165) is 12.2 Å². The number of phenolic OH excluding ortho intramolecular Hbond substituents is 2. The van der Waals surface area contributed by atoms with E-state index in [-0.39, 0.29) is 17.1 Å². The molecule has 0 aliphatic carbocycles. The van der Waals surface area contributed by atoms with E-state index in [9.17, 15) is 15.0 Å². The predicted octanol–water partition coefficient (Wildman–Crippen LogP) is 1.40. The fourth-order valence-corrected chi connectivity index (χ4v) is 2.80. The molecule has 1 aliphatic rings. The van der Waals surface area contributed by atoms with Gasteiger partial charge in [0.1, 0.15) is 11.5 Å². The van der Waals surface area contributed by atoms with Gasteiger partial charge in [-0.25, -0.2) is 0 Å². The molecule has 1 aliphatic heterocycles. The molecule has 7 heteroatoms. The Labute approximate surface area is 125 Å². The van der Waals surface area contributed by atoms with Crippen LogP contribution in [0.4, 0.5) is 0 Å². The number of hydrogen-bond donors (Lipinski definition) is 4. The highest BCUT2D eigenvalue weighted by molar-refractivity contribution is 7.71. The van der Waals surface area contributed by atoms with Gasteiger partial charge in [0.15, 0.2) is 4.77 Å². The van der Waals surface area contributed by atoms with Gasteiger partial charge in [0.2, 0.25) is 0 Å². The summed E-state index contributed by atoms with van der Waals surface area (Å²) < 4.78 is 0.345. The van der Waals surface area contributed by atoms with Crippen molar-refractivity contribution in [1.82, 2.24) is 14.9 Å². The van der Waals surface area contributed by atoms with Crippen molar-refractivity contribution in [3.05, 3.63) is 50.1 Å². The third-order valence-corrected chi connectivity index (χ3v) is 3.85. The van der Waals surface area contributed by atoms with Crippen LogP contribution in [0.1, 0.15) is 16.8 Å². The molecule has 110 valence electrons. The minimum atomic E-state index is -0.168. The molecule has 2 heterocycles. The van der Waals surface area contributed by atoms with E-state index in [0.29, 0.717) is 35.4 Å². The zero-order valence-electron chi connectivity index (χ0n) is 11.2. The smallest absolute Gasteiger partial charge is 0.256 e. The van der Waals surface area contributed by atoms with Gasteiger partial charge in [-0.2, -0.15) is 0 Å². The van der Waals surface area contributed by atoms with Crippen molar-refractivity contribution < 1.29 is 10.2 Å². The van der Waals surface area contributed by atoms with E-state index >= 15 is 0 Å². The molecule has 1 aromatic carbocycles. The number of aromatic amines is 2. The number of nitrogens with zero attached hydrogens (tertiary/aromatic N) is 1. The van der Waals surface area contributed by atoms with Crippen LogP contribution in [0.15, 0.2) is 23.0 Å². The molecule has 0 spiro atoms. The van der Waals surface area contributed by atoms with Crippen LogP contribution in [0.2, 0.25) is 0 Å². The monoisotopic (exact) mass is 305 g/mol. The second kappa shape index (κ2) is 5.34. The van der Waals surface area contributed by atoms with Crippen LogP contribution in [-0.2, 0) is 19.5 Å². The Bertz CT molecular complexity index is 797. The zero-order chi connectivity index (χ0) is 15.0. The lowest BCUT2D eigenvalue weighted by molar-refractivity contribution is 0.238. The molecule has 0 unspecified atom stereocenters. The highest BCUT2D eigenvalue weighted by Gasteiger charge is 2.20. The van der Waals surface area contributed by atoms with E-state index in [1.807, 2.05) is 4.90 Å². The number of aromatic hydroxyl groups is 2. The number of H-pyrrole nitrogens is 2. The van der Waals surface area contributed by atoms with Crippen molar-refractivity contribution in [2.45, 2.75) is 19.5 Å². The molecule has 4 N–H and O–H groups in total. The second-order valence-electron chi connectivity index (χ2n) is 5.14. The Balaban J connectivity index is 1.85. The molecule has 0 radical (unpaired) electrons. The van der Waals surface area contributed by atoms with Crippen LogP contribution in [0, 0.1) is 4.77 Å². The van der Waals surface area contributed by atoms with E-state index in [1.165, 1.54) is 18.2 Å². The normalized spacial score (nSPS) is 14.9. The summed E-state index contributed by atoms with van der Waals surface area (Å²) in [5, 5.41) is 19.3. The predicted molar refractivity (Wildman–Crippen MR) is 79.8 cm³/mol. The number of rotatable bonds is 2. The molecule has 21 heavy (non-hydrogen) atoms. The van der Waals surface area contributed by atoms with Gasteiger partial charge in [-0.05, 0) is 30.4 Å². The highest BCUT2D eigenvalue weighted by Crippen LogP contribution is 2.25. The van der Waals surface area contributed by atoms with Gasteiger partial charge in [-0.15, -0.1) is 0 Å². The summed E-state index contributed by atoms with van der Waals surface area (Å²) in [5.41, 5.74) is 2.02. The van der Waals surface area contributed by atoms with Gasteiger partial charge in [-0.3, -0.25) is 14.7 Å². The van der Waals surface area contributed by atoms with Crippen molar-refractivity contribution in [2.24, 2.45) is 0 Å². The Kier molecular flexibility index (Phi) is 3.52. The van der Waals surface area contributed by atoms with Gasteiger partial charge >= 0.3 is 0 Å². The van der Waals surface area contributed by atoms with Crippen LogP contribution in [0.3, 0.4) is 0 Å². The molecule has 0 bridgehead atoms. The minimum Gasteiger partial charge on any atom is -0.508 e. The molecule has 3 rings (SSSR count). The standard InChI is InChI=1S/C14H15N3O3S/c18-9-1-2-12(19)8(5-9)6-17-4-3-11-10(7-17)13(20)16-14(21)15-11/h1-2,5,18-19H,3-4,6-7H2,(H2,15,16,20,21). The number of nitrogens with one attached hydrogen (secondary N) is 2. The molecular weight excluding hydrogens is 290 g/mol. The first kappa shape index (κ1) is 13.8. The molecule has 6 nitrogen and oxygen atoms in total. The Morgan fingerprint density at radius 3 is 2.90 bits per heavy atom. The van der Waals surface area contributed by atoms with Crippen molar-refractivity contribution in [1.29, 1.82) is 0 Å². The van der Waals surface area contributed by atoms with Gasteiger partial charge in [-0.1, -0.05) is 0 Å². The number of benzene rings is 1. The molecule has 2 aromatic rings. The van der Waals surface area contributed by atoms with Crippen LogP contribution in [0.25, 0.3) is 0 Å². The van der Waals surface area contributed by atoms with Crippen LogP contribution in [-0.4, -0.2) is 31.6 Å². The summed E-state index contributed by atoms with van der Waals surface area (Å²) in [4.78, 5) is 19.6. The van der Waals surface area contributed by atoms with Gasteiger partial charge in [0, 0.05) is 37.3 Å². The highest BCUT2D eigenvalue weighted by atomic mass is 32.1. The first-order chi connectivity index (χ1) is 10.0. The summed E-state index contributed by atoms with van der Waals surface area (Å²) in [6.07, 6.45) is 0.697. The first-order valence-corrected chi connectivity index (χ1v) is 7.01. The Morgan fingerprint density at radius 2 is 2.10 bits per heavy atom. The lowest BCUT2D eigenvalue weighted by Crippen LogP contribution is -2.35. The van der Waals surface area contributed by atoms with Crippen molar-refractivity contribution in [3.8, 4) is 11.5 Å². The minimum absolute atomic E-state index is 0.113. The second-order valence-corrected chi connectivity index (χ2v) is 5.55. The van der Waals surface area contributed by atoms with Crippen LogP contribution < -0.4 is 5.56 Å². The Hall–Kier alpha value is -2.12. The van der Waals surface area contributed by atoms with Crippen LogP contribution >= 0.6 is 12.2 Å². The van der Waals surface area contributed by atoms with Crippen molar-refractivity contribution in [3.63, 3.8) is 0 Å². The number of aromatic nitrogens is 2. The third kappa shape index (κ3) is 2.84. The quantitative estimate of drug-likeness (QED) is 0.497. The summed E-state index contributed by atoms with van der Waals surface area (Å²) >= 11 is 4.97. The summed E-state index contributed by atoms with van der Waals surface area (Å²) in [6, 6.07) is 4.44. The van der Waals surface area contributed by atoms with E-state index < -0.39 is 0 Å². The maximum absolute atomic E-state index is 11.9. The van der Waals surface area contributed by atoms with Crippen molar-refractivity contribution >= 4 is 12.2 Å². The largest absolute Gasteiger partial charge is 0.508 e. The van der Waals surface area contributed by atoms with E-state index in [1.54, 1.807) is 0 Å². The molecule has 1 aromatic heterocycles. The van der Waals surface area contributed by atoms with Gasteiger partial charge in [0.25, 0.3) is 5.56 Å². The molecule has 0 saturated carbocycles. The lowest BCUT2D eigenvalue weighted by atomic mass is 10.1. The summed E-state index contributed by atoms with van der Waals surface area (Å²) in [6.45, 7) is 1.69. The molecule has 0 amide bonds. The average Bonchev–Trinajstić information content (AvgIpc) is 2.43. The number of phenols is 2. The van der Waals surface area contributed by atoms with E-state index in [2.05, 4.69) is 9.97 Å². The summed E-state index contributed by atoms with van der Waals surface area (Å²) in [7, 11) is 0. The number of fused-ring (bicyclic) bond motifs is 1. The molecular formula is C14H15N3O3S. The topological polar surface area (TPSA) is 92.4 Å². The maximum Gasteiger partial charge on any atom is 0.256 e. The average molecular weight is 305 g/mol. The molecule has 0 atom stereocenters. The lowest BCUT2D eigenvalue weighted by Gasteiger charge is -2.28. The SMILES string of the molecule is O=c1[nH]c(=S)[nH]c2c1CN(Cc1cc(O)ccc1O)CC2. The maximum atomic E-state index is 11.9. The summed E-state index contributed by atoms with van der Waals surface area (Å²) in [5.74, 6) is 0.252. The fourth-order valence-electron chi connectivity index (χ4n) is 2.59. The van der Waals surface area contributed by atoms with Gasteiger partial charge in [0.05, 0.1) is 5.56 Å². The van der Waals surface area contributed by atoms with Crippen molar-refractivity contribution in [2.75, 3.05) is 6.54 Å². The van der Waals surface area contributed by atoms with E-state index in [4.69, 9.17) is 12.2 Å². The number of hydrogen-bond acceptors (Lipinski definition) is 5. The molecule has 0 fully saturated rings. The van der Waals surface area contributed by atoms with Crippen LogP contribution in [0.5, 0.6) is 11.5 Å². The zero-order valence-corrected chi connectivity index (χ0v) is 12.0. The Morgan fingerprint density at radius 1 is 1.29 bits per heavy atom. The third-order valence-electron chi connectivity index (χ3n) is 3.65. The first-order valence-electron chi connectivity index (χ1n) is 6.60. The van der Waals surface area contributed by atoms with Gasteiger partial charge < -0.3 is 15.2 Å². The molecule has 0 saturated heterocycles. The fraction of sp³-hybridized carbons (Fsp3) is 0.286.